The van der Waals surface area contributed by atoms with E-state index in [2.05, 4.69) is 5.32 Å². The van der Waals surface area contributed by atoms with Crippen molar-refractivity contribution in [3.8, 4) is 11.4 Å². The van der Waals surface area contributed by atoms with Gasteiger partial charge < -0.3 is 10.1 Å². The van der Waals surface area contributed by atoms with Crippen molar-refractivity contribution < 1.29 is 9.53 Å². The van der Waals surface area contributed by atoms with E-state index < -0.39 is 0 Å². The van der Waals surface area contributed by atoms with E-state index in [1.54, 1.807) is 7.11 Å². The van der Waals surface area contributed by atoms with Crippen molar-refractivity contribution in [3.05, 3.63) is 65.4 Å². The molecule has 4 rings (SSSR count). The van der Waals surface area contributed by atoms with Crippen LogP contribution in [0.25, 0.3) is 5.69 Å². The number of aromatic nitrogens is 2. The molecule has 2 aromatic carbocycles. The largest absolute Gasteiger partial charge is 0.497 e. The number of hydrogen-bond acceptors (Lipinski definition) is 4. The summed E-state index contributed by atoms with van der Waals surface area (Å²) in [5.41, 5.74) is 4.71. The van der Waals surface area contributed by atoms with Gasteiger partial charge in [-0.3, -0.25) is 4.79 Å². The molecule has 0 atom stereocenters. The van der Waals surface area contributed by atoms with Crippen LogP contribution in [0.15, 0.2) is 48.5 Å². The summed E-state index contributed by atoms with van der Waals surface area (Å²) in [4.78, 5) is 12.6. The molecule has 0 saturated heterocycles. The third-order valence-electron chi connectivity index (χ3n) is 4.68. The second-order valence-corrected chi connectivity index (χ2v) is 6.55. The predicted octanol–water partition coefficient (Wildman–Crippen LogP) is 4.45. The first-order valence-electron chi connectivity index (χ1n) is 8.79. The Bertz CT molecular complexity index is 958. The monoisotopic (exact) mass is 347 g/mol. The van der Waals surface area contributed by atoms with Crippen LogP contribution in [-0.4, -0.2) is 22.7 Å². The number of nitrogens with one attached hydrogen (secondary N) is 1. The Kier molecular flexibility index (Phi) is 4.21. The molecule has 0 spiro atoms. The number of carbonyl (C=O) groups excluding carboxylic acids is 1. The van der Waals surface area contributed by atoms with Crippen molar-refractivity contribution in [1.82, 2.24) is 9.78 Å². The predicted molar refractivity (Wildman–Crippen MR) is 102 cm³/mol. The number of methoxy groups -OCH3 is 1. The lowest BCUT2D eigenvalue weighted by Crippen LogP contribution is -2.13. The summed E-state index contributed by atoms with van der Waals surface area (Å²) in [5.74, 6) is 1.58. The van der Waals surface area contributed by atoms with Crippen molar-refractivity contribution in [2.24, 2.45) is 0 Å². The summed E-state index contributed by atoms with van der Waals surface area (Å²) in [6.45, 7) is 2.04. The molecule has 1 aliphatic carbocycles. The molecule has 0 saturated carbocycles. The van der Waals surface area contributed by atoms with Crippen LogP contribution in [0.4, 0.5) is 11.5 Å². The zero-order valence-electron chi connectivity index (χ0n) is 15.0. The van der Waals surface area contributed by atoms with Crippen LogP contribution in [0.5, 0.6) is 5.75 Å². The van der Waals surface area contributed by atoms with Crippen LogP contribution in [0, 0.1) is 6.92 Å². The first-order chi connectivity index (χ1) is 12.7. The SMILES string of the molecule is COc1ccc(-n2nc(Nc3cccc(C)c3)c3c2CCCC3=O)cc1. The summed E-state index contributed by atoms with van der Waals surface area (Å²) in [5, 5.41) is 8.08. The van der Waals surface area contributed by atoms with Crippen molar-refractivity contribution in [2.75, 3.05) is 12.4 Å². The molecule has 1 aliphatic rings. The van der Waals surface area contributed by atoms with Crippen LogP contribution in [-0.2, 0) is 6.42 Å². The maximum Gasteiger partial charge on any atom is 0.168 e. The zero-order valence-corrected chi connectivity index (χ0v) is 15.0. The minimum atomic E-state index is 0.154. The molecule has 0 fully saturated rings. The lowest BCUT2D eigenvalue weighted by Gasteiger charge is -2.13. The average Bonchev–Trinajstić information content (AvgIpc) is 3.01. The Morgan fingerprint density at radius 1 is 1.12 bits per heavy atom. The van der Waals surface area contributed by atoms with E-state index in [4.69, 9.17) is 9.84 Å². The highest BCUT2D eigenvalue weighted by Gasteiger charge is 2.27. The molecule has 0 unspecified atom stereocenters. The minimum Gasteiger partial charge on any atom is -0.497 e. The number of anilines is 2. The highest BCUT2D eigenvalue weighted by atomic mass is 16.5. The van der Waals surface area contributed by atoms with E-state index in [0.717, 1.165) is 41.2 Å². The topological polar surface area (TPSA) is 56.1 Å². The number of aryl methyl sites for hydroxylation is 1. The smallest absolute Gasteiger partial charge is 0.168 e. The number of hydrogen-bond donors (Lipinski definition) is 1. The molecule has 1 aromatic heterocycles. The van der Waals surface area contributed by atoms with Gasteiger partial charge in [-0.25, -0.2) is 4.68 Å². The summed E-state index contributed by atoms with van der Waals surface area (Å²) in [7, 11) is 1.65. The number of Topliss-reactive ketones (excluding diaryl/α,β-unsaturated/α-hetero) is 1. The zero-order chi connectivity index (χ0) is 18.1. The van der Waals surface area contributed by atoms with Gasteiger partial charge in [-0.2, -0.15) is 0 Å². The average molecular weight is 347 g/mol. The molecule has 5 heteroatoms. The molecule has 132 valence electrons. The maximum atomic E-state index is 12.6. The number of ether oxygens (including phenoxy) is 1. The number of benzene rings is 2. The van der Waals surface area contributed by atoms with Gasteiger partial charge in [0, 0.05) is 12.1 Å². The molecule has 0 radical (unpaired) electrons. The molecule has 0 aliphatic heterocycles. The molecule has 1 heterocycles. The van der Waals surface area contributed by atoms with E-state index >= 15 is 0 Å². The minimum absolute atomic E-state index is 0.154. The molecule has 1 N–H and O–H groups in total. The van der Waals surface area contributed by atoms with E-state index in [0.29, 0.717) is 17.8 Å². The van der Waals surface area contributed by atoms with Gasteiger partial charge in [0.25, 0.3) is 0 Å². The Morgan fingerprint density at radius 3 is 2.65 bits per heavy atom. The molecule has 26 heavy (non-hydrogen) atoms. The standard InChI is InChI=1S/C21H21N3O2/c1-14-5-3-6-15(13-14)22-21-20-18(7-4-8-19(20)25)24(23-21)16-9-11-17(26-2)12-10-16/h3,5-6,9-13H,4,7-8H2,1-2H3,(H,22,23). The van der Waals surface area contributed by atoms with Gasteiger partial charge in [0.1, 0.15) is 5.75 Å². The van der Waals surface area contributed by atoms with Crippen LogP contribution >= 0.6 is 0 Å². The van der Waals surface area contributed by atoms with E-state index in [1.807, 2.05) is 60.1 Å². The first kappa shape index (κ1) is 16.4. The first-order valence-corrected chi connectivity index (χ1v) is 8.79. The van der Waals surface area contributed by atoms with Gasteiger partial charge in [0.05, 0.1) is 24.1 Å². The van der Waals surface area contributed by atoms with Crippen molar-refractivity contribution in [2.45, 2.75) is 26.2 Å². The lowest BCUT2D eigenvalue weighted by atomic mass is 9.95. The fourth-order valence-electron chi connectivity index (χ4n) is 3.40. The van der Waals surface area contributed by atoms with Crippen molar-refractivity contribution in [1.29, 1.82) is 0 Å². The quantitative estimate of drug-likeness (QED) is 0.757. The Balaban J connectivity index is 1.79. The Labute approximate surface area is 152 Å². The van der Waals surface area contributed by atoms with Gasteiger partial charge in [0.15, 0.2) is 11.6 Å². The van der Waals surface area contributed by atoms with Gasteiger partial charge in [0.2, 0.25) is 0 Å². The lowest BCUT2D eigenvalue weighted by molar-refractivity contribution is 0.0973. The van der Waals surface area contributed by atoms with Crippen LogP contribution < -0.4 is 10.1 Å². The maximum absolute atomic E-state index is 12.6. The second kappa shape index (κ2) is 6.67. The third-order valence-corrected chi connectivity index (χ3v) is 4.68. The molecular weight excluding hydrogens is 326 g/mol. The molecule has 3 aromatic rings. The fraction of sp³-hybridized carbons (Fsp3) is 0.238. The highest BCUT2D eigenvalue weighted by Crippen LogP contribution is 2.32. The van der Waals surface area contributed by atoms with E-state index in [9.17, 15) is 4.79 Å². The Hall–Kier alpha value is -3.08. The van der Waals surface area contributed by atoms with Gasteiger partial charge in [-0.1, -0.05) is 12.1 Å². The van der Waals surface area contributed by atoms with Crippen molar-refractivity contribution >= 4 is 17.3 Å². The molecular formula is C21H21N3O2. The van der Waals surface area contributed by atoms with Crippen LogP contribution in [0.2, 0.25) is 0 Å². The van der Waals surface area contributed by atoms with E-state index in [1.165, 1.54) is 0 Å². The summed E-state index contributed by atoms with van der Waals surface area (Å²) >= 11 is 0. The number of fused-ring (bicyclic) bond motifs is 1. The third kappa shape index (κ3) is 2.96. The second-order valence-electron chi connectivity index (χ2n) is 6.55. The Morgan fingerprint density at radius 2 is 1.92 bits per heavy atom. The summed E-state index contributed by atoms with van der Waals surface area (Å²) in [6, 6.07) is 15.8. The summed E-state index contributed by atoms with van der Waals surface area (Å²) < 4.78 is 7.11. The normalized spacial score (nSPS) is 13.4. The van der Waals surface area contributed by atoms with Crippen LogP contribution in [0.1, 0.15) is 34.5 Å². The number of rotatable bonds is 4. The van der Waals surface area contributed by atoms with Gasteiger partial charge in [-0.05, 0) is 61.7 Å². The van der Waals surface area contributed by atoms with Gasteiger partial charge >= 0.3 is 0 Å². The fourth-order valence-corrected chi connectivity index (χ4v) is 3.40. The molecule has 5 nitrogen and oxygen atoms in total. The molecule has 0 amide bonds. The van der Waals surface area contributed by atoms with Gasteiger partial charge in [-0.15, -0.1) is 5.10 Å². The summed E-state index contributed by atoms with van der Waals surface area (Å²) in [6.07, 6.45) is 2.27. The number of carbonyl (C=O) groups is 1. The number of nitrogens with zero attached hydrogens (tertiary/aromatic N) is 2. The van der Waals surface area contributed by atoms with Crippen LogP contribution in [0.3, 0.4) is 0 Å². The van der Waals surface area contributed by atoms with Crippen molar-refractivity contribution in [3.63, 3.8) is 0 Å². The highest BCUT2D eigenvalue weighted by molar-refractivity contribution is 6.03. The van der Waals surface area contributed by atoms with E-state index in [-0.39, 0.29) is 5.78 Å². The number of ketones is 1. The molecule has 0 bridgehead atoms.